The molecular weight excluding hydrogens is 386 g/mol. The molecule has 0 saturated carbocycles. The molecule has 0 unspecified atom stereocenters. The molecule has 2 heterocycles. The van der Waals surface area contributed by atoms with Gasteiger partial charge in [-0.25, -0.2) is 0 Å². The number of hydrogen-bond acceptors (Lipinski definition) is 6. The Bertz CT molecular complexity index is 898. The highest BCUT2D eigenvalue weighted by molar-refractivity contribution is 6.35. The summed E-state index contributed by atoms with van der Waals surface area (Å²) in [6.07, 6.45) is 1.78. The smallest absolute Gasteiger partial charge is 0.313 e. The standard InChI is InChI=1S/C21H27N5O4/c1-4-5-11-25-12-13-26(21(29)20(25)28)18(16-9-7-6-8-10-16)19(27)24(3)14-17-23-22-15(2)30-17/h6-10,18H,4-5,11-14H2,1-3H3/t18-/m1/s1. The second-order valence-electron chi connectivity index (χ2n) is 7.37. The van der Waals surface area contributed by atoms with Crippen molar-refractivity contribution in [2.75, 3.05) is 26.7 Å². The van der Waals surface area contributed by atoms with Crippen molar-refractivity contribution >= 4 is 17.7 Å². The van der Waals surface area contributed by atoms with E-state index in [-0.39, 0.29) is 12.5 Å². The highest BCUT2D eigenvalue weighted by Gasteiger charge is 2.40. The minimum atomic E-state index is -0.898. The molecule has 9 heteroatoms. The molecule has 2 aromatic rings. The van der Waals surface area contributed by atoms with Crippen LogP contribution in [0.25, 0.3) is 0 Å². The molecule has 1 aliphatic rings. The molecule has 30 heavy (non-hydrogen) atoms. The van der Waals surface area contributed by atoms with Crippen LogP contribution in [-0.4, -0.2) is 69.3 Å². The molecule has 1 aliphatic heterocycles. The Balaban J connectivity index is 1.83. The van der Waals surface area contributed by atoms with Gasteiger partial charge in [0.25, 0.3) is 0 Å². The highest BCUT2D eigenvalue weighted by Crippen LogP contribution is 2.26. The summed E-state index contributed by atoms with van der Waals surface area (Å²) >= 11 is 0. The summed E-state index contributed by atoms with van der Waals surface area (Å²) in [5.74, 6) is -0.809. The topological polar surface area (TPSA) is 99.8 Å². The quantitative estimate of drug-likeness (QED) is 0.609. The summed E-state index contributed by atoms with van der Waals surface area (Å²) < 4.78 is 5.37. The van der Waals surface area contributed by atoms with E-state index in [0.29, 0.717) is 37.0 Å². The average Bonchev–Trinajstić information content (AvgIpc) is 3.16. The molecule has 1 atom stereocenters. The van der Waals surface area contributed by atoms with E-state index >= 15 is 0 Å². The second kappa shape index (κ2) is 9.51. The molecule has 1 saturated heterocycles. The molecule has 3 amide bonds. The number of unbranched alkanes of at least 4 members (excludes halogenated alkanes) is 1. The Morgan fingerprint density at radius 3 is 2.53 bits per heavy atom. The number of piperazine rings is 1. The van der Waals surface area contributed by atoms with E-state index in [9.17, 15) is 14.4 Å². The molecule has 0 spiro atoms. The zero-order valence-corrected chi connectivity index (χ0v) is 17.6. The summed E-state index contributed by atoms with van der Waals surface area (Å²) in [6, 6.07) is 8.13. The minimum Gasteiger partial charge on any atom is -0.424 e. The summed E-state index contributed by atoms with van der Waals surface area (Å²) in [7, 11) is 1.61. The van der Waals surface area contributed by atoms with Gasteiger partial charge in [0.05, 0.1) is 6.54 Å². The van der Waals surface area contributed by atoms with Crippen LogP contribution in [0.1, 0.15) is 43.2 Å². The highest BCUT2D eigenvalue weighted by atomic mass is 16.4. The third-order valence-electron chi connectivity index (χ3n) is 5.10. The molecule has 0 N–H and O–H groups in total. The van der Waals surface area contributed by atoms with Crippen LogP contribution >= 0.6 is 0 Å². The Morgan fingerprint density at radius 1 is 1.17 bits per heavy atom. The Morgan fingerprint density at radius 2 is 1.90 bits per heavy atom. The fourth-order valence-corrected chi connectivity index (χ4v) is 3.48. The Kier molecular flexibility index (Phi) is 6.81. The number of likely N-dealkylation sites (N-methyl/N-ethyl adjacent to an activating group) is 1. The molecule has 9 nitrogen and oxygen atoms in total. The number of nitrogens with zero attached hydrogens (tertiary/aromatic N) is 5. The maximum absolute atomic E-state index is 13.4. The summed E-state index contributed by atoms with van der Waals surface area (Å²) in [5, 5.41) is 7.70. The van der Waals surface area contributed by atoms with E-state index in [1.165, 1.54) is 9.80 Å². The largest absolute Gasteiger partial charge is 0.424 e. The van der Waals surface area contributed by atoms with Crippen molar-refractivity contribution in [1.82, 2.24) is 24.9 Å². The fraction of sp³-hybridized carbons (Fsp3) is 0.476. The molecule has 160 valence electrons. The first kappa shape index (κ1) is 21.5. The van der Waals surface area contributed by atoms with Crippen LogP contribution in [0.3, 0.4) is 0 Å². The van der Waals surface area contributed by atoms with E-state index in [1.807, 2.05) is 13.0 Å². The van der Waals surface area contributed by atoms with E-state index in [1.54, 1.807) is 43.1 Å². The third kappa shape index (κ3) is 4.67. The van der Waals surface area contributed by atoms with Crippen LogP contribution in [0, 0.1) is 6.92 Å². The number of aryl methyl sites for hydroxylation is 1. The number of aromatic nitrogens is 2. The predicted octanol–water partition coefficient (Wildman–Crippen LogP) is 1.55. The van der Waals surface area contributed by atoms with E-state index < -0.39 is 17.9 Å². The zero-order chi connectivity index (χ0) is 21.7. The number of amides is 3. The monoisotopic (exact) mass is 413 g/mol. The summed E-state index contributed by atoms with van der Waals surface area (Å²) in [6.45, 7) is 5.08. The van der Waals surface area contributed by atoms with Crippen LogP contribution in [-0.2, 0) is 20.9 Å². The first-order chi connectivity index (χ1) is 14.4. The van der Waals surface area contributed by atoms with Crippen LogP contribution in [0.15, 0.2) is 34.7 Å². The van der Waals surface area contributed by atoms with Crippen molar-refractivity contribution in [2.45, 2.75) is 39.3 Å². The van der Waals surface area contributed by atoms with Gasteiger partial charge >= 0.3 is 11.8 Å². The maximum Gasteiger partial charge on any atom is 0.313 e. The molecule has 0 aliphatic carbocycles. The van der Waals surface area contributed by atoms with Crippen molar-refractivity contribution in [3.05, 3.63) is 47.7 Å². The first-order valence-corrected chi connectivity index (χ1v) is 10.1. The van der Waals surface area contributed by atoms with Crippen molar-refractivity contribution < 1.29 is 18.8 Å². The van der Waals surface area contributed by atoms with Crippen molar-refractivity contribution in [3.63, 3.8) is 0 Å². The van der Waals surface area contributed by atoms with Gasteiger partial charge in [0, 0.05) is 33.6 Å². The summed E-state index contributed by atoms with van der Waals surface area (Å²) in [4.78, 5) is 43.3. The van der Waals surface area contributed by atoms with E-state index in [4.69, 9.17) is 4.42 Å². The van der Waals surface area contributed by atoms with Crippen molar-refractivity contribution in [3.8, 4) is 0 Å². The van der Waals surface area contributed by atoms with E-state index in [2.05, 4.69) is 10.2 Å². The molecule has 0 bridgehead atoms. The Labute approximate surface area is 175 Å². The number of benzene rings is 1. The van der Waals surface area contributed by atoms with Crippen molar-refractivity contribution in [1.29, 1.82) is 0 Å². The van der Waals surface area contributed by atoms with Gasteiger partial charge in [0.2, 0.25) is 17.7 Å². The molecule has 0 radical (unpaired) electrons. The van der Waals surface area contributed by atoms with Gasteiger partial charge in [0.1, 0.15) is 6.04 Å². The third-order valence-corrected chi connectivity index (χ3v) is 5.10. The van der Waals surface area contributed by atoms with Crippen LogP contribution in [0.5, 0.6) is 0 Å². The molecule has 1 aromatic carbocycles. The number of rotatable bonds is 8. The molecule has 1 aromatic heterocycles. The van der Waals surface area contributed by atoms with Crippen LogP contribution in [0.4, 0.5) is 0 Å². The number of carbonyl (C=O) groups excluding carboxylic acids is 3. The first-order valence-electron chi connectivity index (χ1n) is 10.1. The lowest BCUT2D eigenvalue weighted by atomic mass is 10.0. The van der Waals surface area contributed by atoms with Gasteiger partial charge in [0.15, 0.2) is 0 Å². The van der Waals surface area contributed by atoms with E-state index in [0.717, 1.165) is 12.8 Å². The normalized spacial score (nSPS) is 15.4. The molecule has 3 rings (SSSR count). The van der Waals surface area contributed by atoms with Crippen LogP contribution in [0.2, 0.25) is 0 Å². The SMILES string of the molecule is CCCCN1CCN([C@@H](C(=O)N(C)Cc2nnc(C)o2)c2ccccc2)C(=O)C1=O. The second-order valence-corrected chi connectivity index (χ2v) is 7.37. The fourth-order valence-electron chi connectivity index (χ4n) is 3.48. The van der Waals surface area contributed by atoms with Gasteiger partial charge in [-0.05, 0) is 12.0 Å². The maximum atomic E-state index is 13.4. The lowest BCUT2D eigenvalue weighted by Crippen LogP contribution is -2.57. The molecule has 1 fully saturated rings. The number of hydrogen-bond donors (Lipinski definition) is 0. The number of carbonyl (C=O) groups is 3. The Hall–Kier alpha value is -3.23. The lowest BCUT2D eigenvalue weighted by molar-refractivity contribution is -0.161. The summed E-state index contributed by atoms with van der Waals surface area (Å²) in [5.41, 5.74) is 0.652. The lowest BCUT2D eigenvalue weighted by Gasteiger charge is -2.39. The van der Waals surface area contributed by atoms with Crippen molar-refractivity contribution in [2.24, 2.45) is 0 Å². The zero-order valence-electron chi connectivity index (χ0n) is 17.6. The van der Waals surface area contributed by atoms with Gasteiger partial charge in [-0.1, -0.05) is 43.7 Å². The average molecular weight is 413 g/mol. The van der Waals surface area contributed by atoms with Gasteiger partial charge < -0.3 is 19.1 Å². The minimum absolute atomic E-state index is 0.113. The van der Waals surface area contributed by atoms with Gasteiger partial charge in [-0.3, -0.25) is 14.4 Å². The van der Waals surface area contributed by atoms with Gasteiger partial charge in [-0.2, -0.15) is 0 Å². The van der Waals surface area contributed by atoms with Gasteiger partial charge in [-0.15, -0.1) is 10.2 Å². The molecular formula is C21H27N5O4. The van der Waals surface area contributed by atoms with Crippen LogP contribution < -0.4 is 0 Å². The predicted molar refractivity (Wildman–Crippen MR) is 108 cm³/mol.